The molecular weight excluding hydrogens is 130 g/mol. The van der Waals surface area contributed by atoms with Crippen LogP contribution in [0.3, 0.4) is 0 Å². The lowest BCUT2D eigenvalue weighted by atomic mass is 10.7. The molecule has 48 valence electrons. The van der Waals surface area contributed by atoms with E-state index < -0.39 is 0 Å². The predicted molar refractivity (Wildman–Crippen MR) is 40.9 cm³/mol. The van der Waals surface area contributed by atoms with Crippen LogP contribution in [0.1, 0.15) is 0 Å². The molecule has 1 aromatic rings. The smallest absolute Gasteiger partial charge is 0.227 e. The van der Waals surface area contributed by atoms with E-state index >= 15 is 0 Å². The molecule has 1 aliphatic heterocycles. The van der Waals surface area contributed by atoms with Gasteiger partial charge in [0.05, 0.1) is 6.54 Å². The molecule has 0 aromatic carbocycles. The van der Waals surface area contributed by atoms with Gasteiger partial charge in [0.25, 0.3) is 0 Å². The van der Waals surface area contributed by atoms with Crippen LogP contribution in [0.25, 0.3) is 0 Å². The van der Waals surface area contributed by atoms with E-state index in [0.29, 0.717) is 10.9 Å². The fraction of sp³-hybridized carbons (Fsp3) is 0.429. The van der Waals surface area contributed by atoms with Crippen molar-refractivity contribution in [3.05, 3.63) is 18.3 Å². The summed E-state index contributed by atoms with van der Waals surface area (Å²) in [5, 5.41) is 1.54. The third-order valence-electron chi connectivity index (χ3n) is 1.78. The van der Waals surface area contributed by atoms with Crippen LogP contribution in [0.2, 0.25) is 0 Å². The van der Waals surface area contributed by atoms with Crippen LogP contribution >= 0.6 is 0 Å². The highest BCUT2D eigenvalue weighted by Crippen LogP contribution is 2.19. The molecule has 1 unspecified atom stereocenters. The molecule has 1 atom stereocenters. The first-order valence-electron chi connectivity index (χ1n) is 3.15. The largest absolute Gasteiger partial charge is 0.305 e. The molecule has 2 heterocycles. The van der Waals surface area contributed by atoms with Gasteiger partial charge in [0.2, 0.25) is 5.03 Å². The summed E-state index contributed by atoms with van der Waals surface area (Å²) in [7, 11) is 0.546. The molecule has 1 aromatic heterocycles. The van der Waals surface area contributed by atoms with E-state index in [1.165, 1.54) is 17.3 Å². The summed E-state index contributed by atoms with van der Waals surface area (Å²) in [5.41, 5.74) is 0. The Kier molecular flexibility index (Phi) is 1.09. The maximum Gasteiger partial charge on any atom is 0.227 e. The van der Waals surface area contributed by atoms with Gasteiger partial charge in [-0.1, -0.05) is 0 Å². The molecular formula is C7H10NS+. The Morgan fingerprint density at radius 1 is 1.67 bits per heavy atom. The van der Waals surface area contributed by atoms with Gasteiger partial charge in [0.1, 0.15) is 12.0 Å². The molecule has 0 spiro atoms. The highest BCUT2D eigenvalue weighted by molar-refractivity contribution is 7.96. The first kappa shape index (κ1) is 5.42. The van der Waals surface area contributed by atoms with Crippen molar-refractivity contribution in [1.82, 2.24) is 4.57 Å². The van der Waals surface area contributed by atoms with Gasteiger partial charge in [-0.3, -0.25) is 0 Å². The molecule has 2 rings (SSSR count). The van der Waals surface area contributed by atoms with Gasteiger partial charge in [-0.15, -0.1) is 0 Å². The Labute approximate surface area is 58.0 Å². The van der Waals surface area contributed by atoms with Crippen molar-refractivity contribution in [3.8, 4) is 0 Å². The molecule has 1 aliphatic rings. The van der Waals surface area contributed by atoms with Crippen LogP contribution in [0, 0.1) is 0 Å². The fourth-order valence-electron chi connectivity index (χ4n) is 1.24. The van der Waals surface area contributed by atoms with Crippen LogP contribution < -0.4 is 0 Å². The van der Waals surface area contributed by atoms with Crippen molar-refractivity contribution in [2.24, 2.45) is 0 Å². The van der Waals surface area contributed by atoms with Crippen molar-refractivity contribution in [2.45, 2.75) is 11.6 Å². The second-order valence-corrected chi connectivity index (χ2v) is 4.48. The summed E-state index contributed by atoms with van der Waals surface area (Å²) < 4.78 is 2.35. The van der Waals surface area contributed by atoms with Gasteiger partial charge < -0.3 is 4.57 Å². The van der Waals surface area contributed by atoms with E-state index in [-0.39, 0.29) is 0 Å². The van der Waals surface area contributed by atoms with Crippen LogP contribution in [0.5, 0.6) is 0 Å². The van der Waals surface area contributed by atoms with Crippen molar-refractivity contribution in [1.29, 1.82) is 0 Å². The third kappa shape index (κ3) is 0.697. The molecule has 0 N–H and O–H groups in total. The lowest BCUT2D eigenvalue weighted by molar-refractivity contribution is 0.741. The van der Waals surface area contributed by atoms with Crippen LogP contribution in [0.4, 0.5) is 0 Å². The molecule has 0 radical (unpaired) electrons. The summed E-state index contributed by atoms with van der Waals surface area (Å²) >= 11 is 0. The lowest BCUT2D eigenvalue weighted by Crippen LogP contribution is -1.95. The first-order valence-corrected chi connectivity index (χ1v) is 4.96. The van der Waals surface area contributed by atoms with E-state index in [2.05, 4.69) is 29.2 Å². The van der Waals surface area contributed by atoms with E-state index in [1.807, 2.05) is 0 Å². The second kappa shape index (κ2) is 1.81. The Morgan fingerprint density at radius 3 is 3.33 bits per heavy atom. The first-order chi connectivity index (χ1) is 4.38. The second-order valence-electron chi connectivity index (χ2n) is 2.38. The molecule has 0 bridgehead atoms. The maximum atomic E-state index is 2.35. The highest BCUT2D eigenvalue weighted by Gasteiger charge is 2.25. The van der Waals surface area contributed by atoms with Crippen molar-refractivity contribution >= 4 is 10.9 Å². The number of hydrogen-bond acceptors (Lipinski definition) is 0. The van der Waals surface area contributed by atoms with Gasteiger partial charge in [0, 0.05) is 23.2 Å². The fourth-order valence-corrected chi connectivity index (χ4v) is 2.78. The highest BCUT2D eigenvalue weighted by atomic mass is 32.2. The van der Waals surface area contributed by atoms with Crippen molar-refractivity contribution < 1.29 is 0 Å². The van der Waals surface area contributed by atoms with Crippen molar-refractivity contribution in [3.63, 3.8) is 0 Å². The Hall–Kier alpha value is -0.370. The summed E-state index contributed by atoms with van der Waals surface area (Å²) in [6, 6.07) is 4.37. The van der Waals surface area contributed by atoms with E-state index in [4.69, 9.17) is 0 Å². The number of fused-ring (bicyclic) bond motifs is 1. The van der Waals surface area contributed by atoms with E-state index in [9.17, 15) is 0 Å². The SMILES string of the molecule is C[S+]1CCn2cccc21. The molecule has 9 heavy (non-hydrogen) atoms. The number of rotatable bonds is 0. The van der Waals surface area contributed by atoms with Gasteiger partial charge in [0.15, 0.2) is 0 Å². The average molecular weight is 140 g/mol. The maximum absolute atomic E-state index is 2.35. The summed E-state index contributed by atoms with van der Waals surface area (Å²) in [5.74, 6) is 1.36. The number of nitrogens with zero attached hydrogens (tertiary/aromatic N) is 1. The summed E-state index contributed by atoms with van der Waals surface area (Å²) in [6.07, 6.45) is 4.49. The minimum absolute atomic E-state index is 0.546. The molecule has 1 nitrogen and oxygen atoms in total. The Morgan fingerprint density at radius 2 is 2.56 bits per heavy atom. The zero-order valence-corrected chi connectivity index (χ0v) is 6.32. The zero-order chi connectivity index (χ0) is 6.27. The van der Waals surface area contributed by atoms with E-state index in [1.54, 1.807) is 0 Å². The average Bonchev–Trinajstić information content (AvgIpc) is 2.35. The van der Waals surface area contributed by atoms with E-state index in [0.717, 1.165) is 0 Å². The Balaban J connectivity index is 2.49. The summed E-state index contributed by atoms with van der Waals surface area (Å²) in [4.78, 5) is 0. The lowest BCUT2D eigenvalue weighted by Gasteiger charge is -1.86. The van der Waals surface area contributed by atoms with Gasteiger partial charge >= 0.3 is 0 Å². The van der Waals surface area contributed by atoms with Crippen LogP contribution in [-0.4, -0.2) is 16.6 Å². The number of aryl methyl sites for hydroxylation is 1. The molecule has 0 aliphatic carbocycles. The molecule has 0 fully saturated rings. The molecule has 0 amide bonds. The normalized spacial score (nSPS) is 24.3. The number of hydrogen-bond donors (Lipinski definition) is 0. The van der Waals surface area contributed by atoms with Gasteiger partial charge in [-0.05, 0) is 6.07 Å². The number of aromatic nitrogens is 1. The topological polar surface area (TPSA) is 4.93 Å². The Bertz CT molecular complexity index is 216. The molecule has 0 saturated carbocycles. The minimum Gasteiger partial charge on any atom is -0.305 e. The predicted octanol–water partition coefficient (Wildman–Crippen LogP) is 1.11. The zero-order valence-electron chi connectivity index (χ0n) is 5.50. The standard InChI is InChI=1S/C7H10NS/c1-9-6-5-8-4-2-3-7(8)9/h2-4H,5-6H2,1H3/q+1. The van der Waals surface area contributed by atoms with Crippen LogP contribution in [-0.2, 0) is 17.4 Å². The van der Waals surface area contributed by atoms with Gasteiger partial charge in [-0.25, -0.2) is 0 Å². The monoisotopic (exact) mass is 140 g/mol. The quantitative estimate of drug-likeness (QED) is 0.476. The third-order valence-corrected chi connectivity index (χ3v) is 3.66. The van der Waals surface area contributed by atoms with Crippen LogP contribution in [0.15, 0.2) is 23.4 Å². The summed E-state index contributed by atoms with van der Waals surface area (Å²) in [6.45, 7) is 1.24. The minimum atomic E-state index is 0.546. The molecule has 2 heteroatoms. The molecule has 0 saturated heterocycles. The van der Waals surface area contributed by atoms with Gasteiger partial charge in [-0.2, -0.15) is 0 Å². The van der Waals surface area contributed by atoms with Crippen molar-refractivity contribution in [2.75, 3.05) is 12.0 Å².